The highest BCUT2D eigenvalue weighted by Gasteiger charge is 2.44. The summed E-state index contributed by atoms with van der Waals surface area (Å²) in [5.74, 6) is -2.40. The number of nitrogens with zero attached hydrogens (tertiary/aromatic N) is 1. The molecular weight excluding hydrogens is 148 g/mol. The Bertz CT molecular complexity index is 105. The minimum atomic E-state index is -2.40. The van der Waals surface area contributed by atoms with E-state index in [-0.39, 0.29) is 19.1 Å². The summed E-state index contributed by atoms with van der Waals surface area (Å²) < 4.78 is 24.2. The number of likely N-dealkylation sites (tertiary alicyclic amines) is 1. The predicted molar refractivity (Wildman–Crippen MR) is 43.0 cm³/mol. The number of hydrogen-bond acceptors (Lipinski definition) is 1. The second kappa shape index (κ2) is 4.00. The molecule has 0 amide bonds. The van der Waals surface area contributed by atoms with Crippen molar-refractivity contribution in [2.45, 2.75) is 39.7 Å². The second-order valence-corrected chi connectivity index (χ2v) is 2.85. The topological polar surface area (TPSA) is 3.24 Å². The molecule has 0 spiro atoms. The minimum Gasteiger partial charge on any atom is -0.289 e. The van der Waals surface area contributed by atoms with E-state index in [1.807, 2.05) is 27.7 Å². The Morgan fingerprint density at radius 3 is 1.64 bits per heavy atom. The first kappa shape index (κ1) is 10.8. The second-order valence-electron chi connectivity index (χ2n) is 2.85. The molecule has 3 heteroatoms. The van der Waals surface area contributed by atoms with Crippen molar-refractivity contribution in [3.8, 4) is 0 Å². The monoisotopic (exact) mass is 165 g/mol. The van der Waals surface area contributed by atoms with Crippen LogP contribution < -0.4 is 0 Å². The molecule has 1 aliphatic rings. The highest BCUT2D eigenvalue weighted by molar-refractivity contribution is 4.88. The van der Waals surface area contributed by atoms with Crippen LogP contribution in [0.25, 0.3) is 0 Å². The largest absolute Gasteiger partial charge is 0.289 e. The van der Waals surface area contributed by atoms with Crippen LogP contribution in [0.15, 0.2) is 0 Å². The molecule has 0 aliphatic carbocycles. The first-order valence-electron chi connectivity index (χ1n) is 4.13. The van der Waals surface area contributed by atoms with Crippen LogP contribution >= 0.6 is 0 Å². The van der Waals surface area contributed by atoms with Crippen molar-refractivity contribution in [3.63, 3.8) is 0 Å². The van der Waals surface area contributed by atoms with Gasteiger partial charge in [-0.15, -0.1) is 0 Å². The highest BCUT2D eigenvalue weighted by atomic mass is 19.3. The Hall–Kier alpha value is -0.180. The van der Waals surface area contributed by atoms with E-state index in [1.165, 1.54) is 0 Å². The lowest BCUT2D eigenvalue weighted by atomic mass is 10.1. The third-order valence-corrected chi connectivity index (χ3v) is 1.60. The number of hydrogen-bond donors (Lipinski definition) is 0. The first-order valence-corrected chi connectivity index (χ1v) is 4.13. The van der Waals surface area contributed by atoms with Crippen molar-refractivity contribution in [3.05, 3.63) is 0 Å². The van der Waals surface area contributed by atoms with Crippen LogP contribution in [0.1, 0.15) is 27.7 Å². The van der Waals surface area contributed by atoms with Crippen molar-refractivity contribution >= 4 is 0 Å². The van der Waals surface area contributed by atoms with Crippen LogP contribution in [-0.4, -0.2) is 30.0 Å². The van der Waals surface area contributed by atoms with Crippen molar-refractivity contribution in [2.24, 2.45) is 0 Å². The number of halogens is 2. The molecule has 1 aliphatic heterocycles. The fourth-order valence-electron chi connectivity index (χ4n) is 0.913. The Morgan fingerprint density at radius 1 is 1.18 bits per heavy atom. The summed E-state index contributed by atoms with van der Waals surface area (Å²) in [4.78, 5) is 1.75. The molecule has 1 saturated heterocycles. The lowest BCUT2D eigenvalue weighted by Crippen LogP contribution is -2.58. The summed E-state index contributed by atoms with van der Waals surface area (Å²) in [5.41, 5.74) is 0. The lowest BCUT2D eigenvalue weighted by molar-refractivity contribution is -0.141. The van der Waals surface area contributed by atoms with E-state index in [9.17, 15) is 8.78 Å². The summed E-state index contributed by atoms with van der Waals surface area (Å²) in [6, 6.07) is 0.268. The maximum Gasteiger partial charge on any atom is 0.272 e. The van der Waals surface area contributed by atoms with Gasteiger partial charge in [-0.2, -0.15) is 0 Å². The summed E-state index contributed by atoms with van der Waals surface area (Å²) in [5, 5.41) is 0. The molecule has 0 aromatic heterocycles. The van der Waals surface area contributed by atoms with Crippen LogP contribution in [0, 0.1) is 0 Å². The molecule has 0 radical (unpaired) electrons. The van der Waals surface area contributed by atoms with Crippen LogP contribution in [0.5, 0.6) is 0 Å². The Kier molecular flexibility index (Phi) is 3.93. The summed E-state index contributed by atoms with van der Waals surface area (Å²) >= 11 is 0. The highest BCUT2D eigenvalue weighted by Crippen LogP contribution is 2.27. The van der Waals surface area contributed by atoms with Gasteiger partial charge in [0.15, 0.2) is 0 Å². The van der Waals surface area contributed by atoms with Crippen LogP contribution in [0.3, 0.4) is 0 Å². The zero-order valence-corrected chi connectivity index (χ0v) is 7.69. The molecule has 11 heavy (non-hydrogen) atoms. The molecule has 1 nitrogen and oxygen atoms in total. The van der Waals surface area contributed by atoms with Crippen molar-refractivity contribution in [2.75, 3.05) is 13.1 Å². The summed E-state index contributed by atoms with van der Waals surface area (Å²) in [7, 11) is 0. The van der Waals surface area contributed by atoms with Gasteiger partial charge >= 0.3 is 0 Å². The fourth-order valence-corrected chi connectivity index (χ4v) is 0.913. The van der Waals surface area contributed by atoms with E-state index in [0.29, 0.717) is 0 Å². The predicted octanol–water partition coefficient (Wildman–Crippen LogP) is 2.37. The normalized spacial score (nSPS) is 22.1. The van der Waals surface area contributed by atoms with Gasteiger partial charge in [-0.05, 0) is 13.8 Å². The van der Waals surface area contributed by atoms with E-state index in [2.05, 4.69) is 0 Å². The van der Waals surface area contributed by atoms with Crippen LogP contribution in [0.2, 0.25) is 0 Å². The van der Waals surface area contributed by atoms with E-state index in [1.54, 1.807) is 4.90 Å². The minimum absolute atomic E-state index is 0.0509. The number of rotatable bonds is 1. The SMILES string of the molecule is CC.CC(C)N1CC(F)(F)C1. The van der Waals surface area contributed by atoms with E-state index < -0.39 is 5.92 Å². The molecule has 0 aromatic carbocycles. The van der Waals surface area contributed by atoms with Crippen molar-refractivity contribution in [1.82, 2.24) is 4.90 Å². The molecule has 0 atom stereocenters. The molecule has 0 unspecified atom stereocenters. The standard InChI is InChI=1S/C6H11F2N.C2H6/c1-5(2)9-3-6(7,8)4-9;1-2/h5H,3-4H2,1-2H3;1-2H3. The molecule has 1 heterocycles. The quantitative estimate of drug-likeness (QED) is 0.576. The van der Waals surface area contributed by atoms with Crippen molar-refractivity contribution < 1.29 is 8.78 Å². The summed E-state index contributed by atoms with van der Waals surface area (Å²) in [6.07, 6.45) is 0. The van der Waals surface area contributed by atoms with E-state index >= 15 is 0 Å². The van der Waals surface area contributed by atoms with Crippen molar-refractivity contribution in [1.29, 1.82) is 0 Å². The van der Waals surface area contributed by atoms with Crippen LogP contribution in [-0.2, 0) is 0 Å². The Balaban J connectivity index is 0.000000461. The average molecular weight is 165 g/mol. The zero-order valence-electron chi connectivity index (χ0n) is 7.69. The molecule has 0 N–H and O–H groups in total. The van der Waals surface area contributed by atoms with Gasteiger partial charge in [-0.1, -0.05) is 13.8 Å². The van der Waals surface area contributed by atoms with Gasteiger partial charge in [0.25, 0.3) is 5.92 Å². The van der Waals surface area contributed by atoms with Crippen LogP contribution in [0.4, 0.5) is 8.78 Å². The maximum absolute atomic E-state index is 12.1. The average Bonchev–Trinajstić information content (AvgIpc) is 1.87. The number of alkyl halides is 2. The van der Waals surface area contributed by atoms with Gasteiger partial charge in [0.2, 0.25) is 0 Å². The van der Waals surface area contributed by atoms with Gasteiger partial charge in [0, 0.05) is 6.04 Å². The van der Waals surface area contributed by atoms with E-state index in [4.69, 9.17) is 0 Å². The van der Waals surface area contributed by atoms with E-state index in [0.717, 1.165) is 0 Å². The Labute approximate surface area is 67.4 Å². The van der Waals surface area contributed by atoms with Gasteiger partial charge in [-0.25, -0.2) is 8.78 Å². The smallest absolute Gasteiger partial charge is 0.272 e. The van der Waals surface area contributed by atoms with Gasteiger partial charge in [0.1, 0.15) is 0 Å². The van der Waals surface area contributed by atoms with Gasteiger partial charge < -0.3 is 0 Å². The fraction of sp³-hybridized carbons (Fsp3) is 1.00. The molecule has 0 bridgehead atoms. The molecule has 1 fully saturated rings. The molecule has 0 aromatic rings. The molecule has 1 rings (SSSR count). The molecular formula is C8H17F2N. The maximum atomic E-state index is 12.1. The third-order valence-electron chi connectivity index (χ3n) is 1.60. The molecule has 68 valence electrons. The third kappa shape index (κ3) is 3.14. The molecule has 0 saturated carbocycles. The zero-order chi connectivity index (χ0) is 9.07. The van der Waals surface area contributed by atoms with Gasteiger partial charge in [0.05, 0.1) is 13.1 Å². The first-order chi connectivity index (χ1) is 5.01. The Morgan fingerprint density at radius 2 is 1.55 bits per heavy atom. The summed E-state index contributed by atoms with van der Waals surface area (Å²) in [6.45, 7) is 7.75. The van der Waals surface area contributed by atoms with Gasteiger partial charge in [-0.3, -0.25) is 4.90 Å². The lowest BCUT2D eigenvalue weighted by Gasteiger charge is -2.41.